The summed E-state index contributed by atoms with van der Waals surface area (Å²) in [7, 11) is 0. The molecule has 0 bridgehead atoms. The van der Waals surface area contributed by atoms with Gasteiger partial charge in [0.25, 0.3) is 0 Å². The van der Waals surface area contributed by atoms with E-state index in [1.165, 1.54) is 25.7 Å². The average molecular weight is 368 g/mol. The largest absolute Gasteiger partial charge is 0.477 e. The van der Waals surface area contributed by atoms with Crippen LogP contribution in [0.2, 0.25) is 0 Å². The van der Waals surface area contributed by atoms with Crippen LogP contribution < -0.4 is 10.1 Å². The minimum Gasteiger partial charge on any atom is -0.477 e. The number of anilines is 2. The number of hydrogen-bond acceptors (Lipinski definition) is 5. The highest BCUT2D eigenvalue weighted by Gasteiger charge is 2.27. The van der Waals surface area contributed by atoms with E-state index in [4.69, 9.17) is 11.3 Å². The van der Waals surface area contributed by atoms with E-state index in [0.717, 1.165) is 17.3 Å². The van der Waals surface area contributed by atoms with Crippen LogP contribution in [0.4, 0.5) is 11.6 Å². The molecule has 7 heteroatoms. The lowest BCUT2D eigenvalue weighted by molar-refractivity contribution is 0.183. The average Bonchev–Trinajstić information content (AvgIpc) is 3.03. The molecule has 7 nitrogen and oxygen atoms in total. The van der Waals surface area contributed by atoms with Gasteiger partial charge in [0.1, 0.15) is 0 Å². The summed E-state index contributed by atoms with van der Waals surface area (Å²) in [5.41, 5.74) is 0.844. The molecule has 2 aromatic heterocycles. The Labute approximate surface area is 161 Å². The van der Waals surface area contributed by atoms with Crippen molar-refractivity contribution in [3.8, 4) is 5.88 Å². The van der Waals surface area contributed by atoms with Crippen LogP contribution in [0.1, 0.15) is 52.1 Å². The summed E-state index contributed by atoms with van der Waals surface area (Å²) in [5.74, 6) is 2.50. The Morgan fingerprint density at radius 1 is 1.33 bits per heavy atom. The highest BCUT2D eigenvalue weighted by Crippen LogP contribution is 2.29. The Hall–Kier alpha value is -2.62. The summed E-state index contributed by atoms with van der Waals surface area (Å²) in [5, 5.41) is 7.61. The first-order valence-electron chi connectivity index (χ1n) is 9.55. The van der Waals surface area contributed by atoms with Gasteiger partial charge in [-0.1, -0.05) is 19.8 Å². The fraction of sp³-hybridized carbons (Fsp3) is 0.600. The third kappa shape index (κ3) is 4.76. The van der Waals surface area contributed by atoms with Crippen molar-refractivity contribution in [2.75, 3.05) is 11.9 Å². The van der Waals surface area contributed by atoms with E-state index in [1.54, 1.807) is 16.9 Å². The molecule has 0 saturated heterocycles. The maximum atomic E-state index is 7.32. The van der Waals surface area contributed by atoms with E-state index < -0.39 is 5.66 Å². The zero-order valence-corrected chi connectivity index (χ0v) is 16.6. The molecule has 3 rings (SSSR count). The van der Waals surface area contributed by atoms with Gasteiger partial charge in [0.05, 0.1) is 24.2 Å². The second kappa shape index (κ2) is 7.95. The molecule has 27 heavy (non-hydrogen) atoms. The first-order valence-corrected chi connectivity index (χ1v) is 9.55. The predicted octanol–water partition coefficient (Wildman–Crippen LogP) is 4.54. The van der Waals surface area contributed by atoms with E-state index in [2.05, 4.69) is 32.2 Å². The molecule has 2 heterocycles. The lowest BCUT2D eigenvalue weighted by Crippen LogP contribution is -2.22. The third-order valence-electron chi connectivity index (χ3n) is 5.21. The first-order chi connectivity index (χ1) is 12.9. The first kappa shape index (κ1) is 19.2. The Morgan fingerprint density at radius 3 is 2.78 bits per heavy atom. The lowest BCUT2D eigenvalue weighted by atomic mass is 9.83. The minimum absolute atomic E-state index is 0.466. The third-order valence-corrected chi connectivity index (χ3v) is 5.21. The van der Waals surface area contributed by atoms with Crippen molar-refractivity contribution in [1.82, 2.24) is 19.7 Å². The summed E-state index contributed by atoms with van der Waals surface area (Å²) in [6.45, 7) is 15.9. The molecule has 0 atom stereocenters. The molecule has 0 radical (unpaired) electrons. The normalized spacial score (nSPS) is 20.1. The number of nitrogens with zero attached hydrogens (tertiary/aromatic N) is 5. The van der Waals surface area contributed by atoms with Crippen LogP contribution in [-0.2, 0) is 5.66 Å². The smallest absolute Gasteiger partial charge is 0.319 e. The van der Waals surface area contributed by atoms with Gasteiger partial charge >= 0.3 is 5.66 Å². The predicted molar refractivity (Wildman–Crippen MR) is 105 cm³/mol. The maximum Gasteiger partial charge on any atom is 0.319 e. The number of nitrogens with one attached hydrogen (secondary N) is 1. The van der Waals surface area contributed by atoms with E-state index in [0.29, 0.717) is 24.4 Å². The van der Waals surface area contributed by atoms with Crippen molar-refractivity contribution in [3.05, 3.63) is 35.6 Å². The molecule has 1 aliphatic rings. The summed E-state index contributed by atoms with van der Waals surface area (Å²) in [6.07, 6.45) is 8.53. The van der Waals surface area contributed by atoms with Crippen LogP contribution >= 0.6 is 0 Å². The van der Waals surface area contributed by atoms with Crippen molar-refractivity contribution in [2.24, 2.45) is 11.8 Å². The van der Waals surface area contributed by atoms with Gasteiger partial charge in [-0.25, -0.2) is 11.6 Å². The molecule has 0 amide bonds. The van der Waals surface area contributed by atoms with Crippen molar-refractivity contribution in [1.29, 1.82) is 0 Å². The molecule has 1 aliphatic carbocycles. The lowest BCUT2D eigenvalue weighted by Gasteiger charge is -2.25. The van der Waals surface area contributed by atoms with E-state index in [-0.39, 0.29) is 0 Å². The second-order valence-corrected chi connectivity index (χ2v) is 7.96. The number of aryl methyl sites for hydroxylation is 1. The molecular formula is C20H28N6O. The zero-order valence-electron chi connectivity index (χ0n) is 16.6. The van der Waals surface area contributed by atoms with Crippen LogP contribution in [-0.4, -0.2) is 26.4 Å². The highest BCUT2D eigenvalue weighted by molar-refractivity contribution is 5.55. The Morgan fingerprint density at radius 2 is 2.07 bits per heavy atom. The standard InChI is InChI=1S/C20H28N6O/c1-14-6-8-16(9-7-14)13-27-18-10-11-22-19(24-18)23-17-12-26(25-15(17)2)20(3,4)21-5/h10-12,14,16H,6-9,13H2,1-4H3,(H,22,23,24). The van der Waals surface area contributed by atoms with E-state index in [9.17, 15) is 0 Å². The van der Waals surface area contributed by atoms with Crippen LogP contribution in [0.25, 0.3) is 4.85 Å². The van der Waals surface area contributed by atoms with Gasteiger partial charge in [-0.3, -0.25) is 4.85 Å². The van der Waals surface area contributed by atoms with Crippen molar-refractivity contribution < 1.29 is 4.74 Å². The molecule has 0 spiro atoms. The van der Waals surface area contributed by atoms with Crippen molar-refractivity contribution >= 4 is 11.6 Å². The van der Waals surface area contributed by atoms with Crippen LogP contribution in [0.5, 0.6) is 5.88 Å². The topological polar surface area (TPSA) is 69.2 Å². The van der Waals surface area contributed by atoms with E-state index >= 15 is 0 Å². The molecule has 0 aliphatic heterocycles. The molecule has 0 unspecified atom stereocenters. The summed E-state index contributed by atoms with van der Waals surface area (Å²) in [4.78, 5) is 12.3. The number of aromatic nitrogens is 4. The molecule has 0 aromatic carbocycles. The Balaban J connectivity index is 1.63. The maximum absolute atomic E-state index is 7.32. The van der Waals surface area contributed by atoms with Crippen molar-refractivity contribution in [2.45, 2.75) is 59.0 Å². The number of ether oxygens (including phenoxy) is 1. The molecule has 1 fully saturated rings. The van der Waals surface area contributed by atoms with Crippen LogP contribution in [0.3, 0.4) is 0 Å². The molecule has 144 valence electrons. The fourth-order valence-corrected chi connectivity index (χ4v) is 3.22. The summed E-state index contributed by atoms with van der Waals surface area (Å²) < 4.78 is 7.57. The minimum atomic E-state index is -0.728. The number of rotatable bonds is 6. The monoisotopic (exact) mass is 368 g/mol. The Kier molecular flexibility index (Phi) is 5.64. The van der Waals surface area contributed by atoms with Gasteiger partial charge in [-0.2, -0.15) is 14.8 Å². The second-order valence-electron chi connectivity index (χ2n) is 7.96. The summed E-state index contributed by atoms with van der Waals surface area (Å²) >= 11 is 0. The van der Waals surface area contributed by atoms with Crippen molar-refractivity contribution in [3.63, 3.8) is 0 Å². The SMILES string of the molecule is [C-]#[N+]C(C)(C)n1cc(Nc2nccc(OCC3CCC(C)CC3)n2)c(C)n1. The van der Waals surface area contributed by atoms with Crippen LogP contribution in [0, 0.1) is 25.3 Å². The highest BCUT2D eigenvalue weighted by atomic mass is 16.5. The van der Waals surface area contributed by atoms with Gasteiger partial charge in [0.15, 0.2) is 0 Å². The zero-order chi connectivity index (χ0) is 19.4. The van der Waals surface area contributed by atoms with Gasteiger partial charge in [-0.15, -0.1) is 0 Å². The molecule has 1 saturated carbocycles. The Bertz CT molecular complexity index is 814. The quantitative estimate of drug-likeness (QED) is 0.758. The van der Waals surface area contributed by atoms with E-state index in [1.807, 2.05) is 27.0 Å². The summed E-state index contributed by atoms with van der Waals surface area (Å²) in [6, 6.07) is 1.79. The van der Waals surface area contributed by atoms with Gasteiger partial charge in [-0.05, 0) is 31.6 Å². The van der Waals surface area contributed by atoms with Gasteiger partial charge in [0.2, 0.25) is 11.8 Å². The van der Waals surface area contributed by atoms with Gasteiger partial charge in [0, 0.05) is 26.1 Å². The number of hydrogen-bond donors (Lipinski definition) is 1. The van der Waals surface area contributed by atoms with Crippen LogP contribution in [0.15, 0.2) is 18.5 Å². The fourth-order valence-electron chi connectivity index (χ4n) is 3.22. The molecule has 2 aromatic rings. The van der Waals surface area contributed by atoms with Gasteiger partial charge < -0.3 is 10.1 Å². The molecular weight excluding hydrogens is 340 g/mol. The molecule has 1 N–H and O–H groups in total.